The first kappa shape index (κ1) is 16.7. The van der Waals surface area contributed by atoms with E-state index < -0.39 is 10.0 Å². The van der Waals surface area contributed by atoms with Crippen LogP contribution in [0.25, 0.3) is 0 Å². The van der Waals surface area contributed by atoms with E-state index in [0.717, 1.165) is 0 Å². The molecule has 0 saturated carbocycles. The fourth-order valence-electron chi connectivity index (χ4n) is 1.63. The molecule has 0 heterocycles. The molecule has 7 heteroatoms. The van der Waals surface area contributed by atoms with Crippen LogP contribution in [0.15, 0.2) is 11.0 Å². The van der Waals surface area contributed by atoms with Crippen molar-refractivity contribution in [1.82, 2.24) is 4.72 Å². The number of ether oxygens (including phenoxy) is 1. The molecule has 4 nitrogen and oxygen atoms in total. The van der Waals surface area contributed by atoms with Crippen LogP contribution in [0.1, 0.15) is 17.5 Å². The Bertz CT molecular complexity index is 532. The van der Waals surface area contributed by atoms with Crippen molar-refractivity contribution in [3.63, 3.8) is 0 Å². The van der Waals surface area contributed by atoms with Gasteiger partial charge in [0.1, 0.15) is 4.90 Å². The summed E-state index contributed by atoms with van der Waals surface area (Å²) in [7, 11) is -2.10. The molecule has 0 spiro atoms. The van der Waals surface area contributed by atoms with Crippen LogP contribution in [0.2, 0.25) is 10.0 Å². The number of aryl methyl sites for hydroxylation is 1. The van der Waals surface area contributed by atoms with Crippen LogP contribution in [0.4, 0.5) is 0 Å². The molecule has 0 saturated heterocycles. The molecular weight excluding hydrogens is 309 g/mol. The van der Waals surface area contributed by atoms with E-state index in [-0.39, 0.29) is 16.5 Å². The summed E-state index contributed by atoms with van der Waals surface area (Å²) >= 11 is 12.1. The van der Waals surface area contributed by atoms with Gasteiger partial charge in [0.25, 0.3) is 0 Å². The molecule has 0 amide bonds. The quantitative estimate of drug-likeness (QED) is 0.818. The smallest absolute Gasteiger partial charge is 0.242 e. The third-order valence-electron chi connectivity index (χ3n) is 2.67. The maximum absolute atomic E-state index is 12.2. The van der Waals surface area contributed by atoms with Crippen molar-refractivity contribution < 1.29 is 13.2 Å². The zero-order chi connectivity index (χ0) is 14.6. The van der Waals surface area contributed by atoms with Crippen molar-refractivity contribution in [3.8, 4) is 0 Å². The zero-order valence-corrected chi connectivity index (χ0v) is 13.4. The second-order valence-electron chi connectivity index (χ2n) is 4.19. The molecule has 0 aliphatic heterocycles. The SMILES string of the molecule is COCCCNS(=O)(=O)c1c(C)c(Cl)cc(C)c1Cl. The highest BCUT2D eigenvalue weighted by Crippen LogP contribution is 2.33. The Hall–Kier alpha value is -0.330. The second kappa shape index (κ2) is 6.90. The predicted molar refractivity (Wildman–Crippen MR) is 77.6 cm³/mol. The Labute approximate surface area is 124 Å². The predicted octanol–water partition coefficient (Wildman–Crippen LogP) is 2.93. The van der Waals surface area contributed by atoms with Crippen molar-refractivity contribution >= 4 is 33.2 Å². The van der Waals surface area contributed by atoms with Gasteiger partial charge >= 0.3 is 0 Å². The monoisotopic (exact) mass is 325 g/mol. The number of benzene rings is 1. The first-order chi connectivity index (χ1) is 8.81. The van der Waals surface area contributed by atoms with Crippen LogP contribution in [-0.4, -0.2) is 28.7 Å². The summed E-state index contributed by atoms with van der Waals surface area (Å²) in [5.74, 6) is 0. The van der Waals surface area contributed by atoms with Crippen molar-refractivity contribution in [1.29, 1.82) is 0 Å². The summed E-state index contributed by atoms with van der Waals surface area (Å²) < 4.78 is 31.9. The lowest BCUT2D eigenvalue weighted by molar-refractivity contribution is 0.196. The summed E-state index contributed by atoms with van der Waals surface area (Å²) in [5.41, 5.74) is 1.09. The number of halogens is 2. The standard InChI is InChI=1S/C12H17Cl2NO3S/c1-8-7-10(13)9(2)12(11(8)14)19(16,17)15-5-4-6-18-3/h7,15H,4-6H2,1-3H3. The third-order valence-corrected chi connectivity index (χ3v) is 5.30. The highest BCUT2D eigenvalue weighted by Gasteiger charge is 2.23. The highest BCUT2D eigenvalue weighted by atomic mass is 35.5. The highest BCUT2D eigenvalue weighted by molar-refractivity contribution is 7.89. The summed E-state index contributed by atoms with van der Waals surface area (Å²) in [6.07, 6.45) is 0.589. The fourth-order valence-corrected chi connectivity index (χ4v) is 3.91. The van der Waals surface area contributed by atoms with E-state index in [4.69, 9.17) is 27.9 Å². The molecule has 108 valence electrons. The number of hydrogen-bond donors (Lipinski definition) is 1. The first-order valence-corrected chi connectivity index (χ1v) is 7.99. The number of hydrogen-bond acceptors (Lipinski definition) is 3. The van der Waals surface area contributed by atoms with Gasteiger partial charge in [-0.15, -0.1) is 0 Å². The van der Waals surface area contributed by atoms with E-state index in [1.54, 1.807) is 27.0 Å². The molecule has 0 fully saturated rings. The third kappa shape index (κ3) is 4.07. The number of methoxy groups -OCH3 is 1. The van der Waals surface area contributed by atoms with Gasteiger partial charge in [-0.3, -0.25) is 0 Å². The molecule has 0 aromatic heterocycles. The minimum absolute atomic E-state index is 0.0524. The molecule has 0 unspecified atom stereocenters. The maximum Gasteiger partial charge on any atom is 0.242 e. The van der Waals surface area contributed by atoms with Gasteiger partial charge in [-0.25, -0.2) is 13.1 Å². The molecular formula is C12H17Cl2NO3S. The zero-order valence-electron chi connectivity index (χ0n) is 11.1. The number of nitrogens with one attached hydrogen (secondary N) is 1. The van der Waals surface area contributed by atoms with Crippen LogP contribution >= 0.6 is 23.2 Å². The molecule has 1 aromatic carbocycles. The maximum atomic E-state index is 12.2. The van der Waals surface area contributed by atoms with Crippen LogP contribution in [0.5, 0.6) is 0 Å². The molecule has 0 aliphatic carbocycles. The van der Waals surface area contributed by atoms with Crippen LogP contribution in [0, 0.1) is 13.8 Å². The van der Waals surface area contributed by atoms with Gasteiger partial charge in [-0.1, -0.05) is 23.2 Å². The summed E-state index contributed by atoms with van der Waals surface area (Å²) in [6, 6.07) is 1.66. The van der Waals surface area contributed by atoms with Crippen LogP contribution < -0.4 is 4.72 Å². The Kier molecular flexibility index (Phi) is 6.08. The van der Waals surface area contributed by atoms with Crippen molar-refractivity contribution in [2.45, 2.75) is 25.2 Å². The van der Waals surface area contributed by atoms with Gasteiger partial charge < -0.3 is 4.74 Å². The molecule has 19 heavy (non-hydrogen) atoms. The summed E-state index contributed by atoms with van der Waals surface area (Å²) in [4.78, 5) is 0.0524. The molecule has 1 aromatic rings. The molecule has 1 rings (SSSR count). The van der Waals surface area contributed by atoms with Crippen molar-refractivity contribution in [2.75, 3.05) is 20.3 Å². The van der Waals surface area contributed by atoms with Gasteiger partial charge in [0, 0.05) is 25.3 Å². The Morgan fingerprint density at radius 1 is 1.32 bits per heavy atom. The molecule has 0 aliphatic rings. The molecule has 0 atom stereocenters. The minimum atomic E-state index is -3.67. The second-order valence-corrected chi connectivity index (χ2v) is 6.68. The van der Waals surface area contributed by atoms with Crippen molar-refractivity contribution in [2.24, 2.45) is 0 Å². The molecule has 1 N–H and O–H groups in total. The first-order valence-electron chi connectivity index (χ1n) is 5.75. The minimum Gasteiger partial charge on any atom is -0.385 e. The van der Waals surface area contributed by atoms with E-state index in [1.165, 1.54) is 0 Å². The molecule has 0 bridgehead atoms. The van der Waals surface area contributed by atoms with Gasteiger partial charge in [0.2, 0.25) is 10.0 Å². The average Bonchev–Trinajstić information content (AvgIpc) is 2.32. The van der Waals surface area contributed by atoms with E-state index >= 15 is 0 Å². The summed E-state index contributed by atoms with van der Waals surface area (Å²) in [6.45, 7) is 4.14. The van der Waals surface area contributed by atoms with Crippen LogP contribution in [0.3, 0.4) is 0 Å². The van der Waals surface area contributed by atoms with Gasteiger partial charge in [0.05, 0.1) is 5.02 Å². The number of sulfonamides is 1. The largest absolute Gasteiger partial charge is 0.385 e. The lowest BCUT2D eigenvalue weighted by Gasteiger charge is -2.14. The van der Waals surface area contributed by atoms with Gasteiger partial charge in [-0.05, 0) is 37.5 Å². The van der Waals surface area contributed by atoms with Gasteiger partial charge in [0.15, 0.2) is 0 Å². The Balaban J connectivity index is 3.08. The molecule has 0 radical (unpaired) electrons. The van der Waals surface area contributed by atoms with E-state index in [9.17, 15) is 8.42 Å². The Morgan fingerprint density at radius 2 is 1.95 bits per heavy atom. The normalized spacial score (nSPS) is 11.8. The average molecular weight is 326 g/mol. The Morgan fingerprint density at radius 3 is 2.53 bits per heavy atom. The van der Waals surface area contributed by atoms with E-state index in [0.29, 0.717) is 29.2 Å². The van der Waals surface area contributed by atoms with E-state index in [2.05, 4.69) is 4.72 Å². The van der Waals surface area contributed by atoms with Crippen molar-refractivity contribution in [3.05, 3.63) is 27.2 Å². The lowest BCUT2D eigenvalue weighted by Crippen LogP contribution is -2.26. The lowest BCUT2D eigenvalue weighted by atomic mass is 10.2. The van der Waals surface area contributed by atoms with E-state index in [1.807, 2.05) is 0 Å². The van der Waals surface area contributed by atoms with Gasteiger partial charge in [-0.2, -0.15) is 0 Å². The topological polar surface area (TPSA) is 55.4 Å². The van der Waals surface area contributed by atoms with Crippen LogP contribution in [-0.2, 0) is 14.8 Å². The fraction of sp³-hybridized carbons (Fsp3) is 0.500. The number of rotatable bonds is 6. The summed E-state index contributed by atoms with van der Waals surface area (Å²) in [5, 5.41) is 0.598.